The lowest BCUT2D eigenvalue weighted by Crippen LogP contribution is -2.53. The molecule has 3 unspecified atom stereocenters. The highest BCUT2D eigenvalue weighted by Crippen LogP contribution is 2.40. The van der Waals surface area contributed by atoms with Crippen LogP contribution in [0.15, 0.2) is 0 Å². The maximum atomic E-state index is 6.17. The number of hydrogen-bond acceptors (Lipinski definition) is 4. The standard InChI is InChI=1S/C15H28N2OS/c16-7-4-13-3-1-2-8-17(13)14-5-9-18-15(11-14)6-10-19-12-15/h13-14H,1-12,16H2. The van der Waals surface area contributed by atoms with E-state index in [9.17, 15) is 0 Å². The van der Waals surface area contributed by atoms with Crippen molar-refractivity contribution < 1.29 is 4.74 Å². The molecule has 3 heterocycles. The van der Waals surface area contributed by atoms with Gasteiger partial charge in [0.1, 0.15) is 0 Å². The minimum Gasteiger partial charge on any atom is -0.374 e. The van der Waals surface area contributed by atoms with Crippen molar-refractivity contribution >= 4 is 11.8 Å². The van der Waals surface area contributed by atoms with Gasteiger partial charge in [-0.15, -0.1) is 0 Å². The van der Waals surface area contributed by atoms with Crippen LogP contribution in [0.4, 0.5) is 0 Å². The van der Waals surface area contributed by atoms with Crippen LogP contribution >= 0.6 is 11.8 Å². The third-order valence-corrected chi connectivity index (χ3v) is 6.40. The Morgan fingerprint density at radius 1 is 1.32 bits per heavy atom. The molecule has 3 atom stereocenters. The first-order valence-corrected chi connectivity index (χ1v) is 9.16. The number of piperidine rings is 1. The highest BCUT2D eigenvalue weighted by molar-refractivity contribution is 7.99. The molecule has 4 heteroatoms. The second-order valence-corrected chi connectivity index (χ2v) is 7.55. The van der Waals surface area contributed by atoms with E-state index >= 15 is 0 Å². The quantitative estimate of drug-likeness (QED) is 0.862. The predicted molar refractivity (Wildman–Crippen MR) is 81.7 cm³/mol. The van der Waals surface area contributed by atoms with Crippen molar-refractivity contribution in [2.45, 2.75) is 62.6 Å². The lowest BCUT2D eigenvalue weighted by molar-refractivity contribution is -0.0989. The molecule has 0 amide bonds. The Labute approximate surface area is 121 Å². The van der Waals surface area contributed by atoms with E-state index in [-0.39, 0.29) is 5.60 Å². The van der Waals surface area contributed by atoms with E-state index in [4.69, 9.17) is 10.5 Å². The zero-order valence-electron chi connectivity index (χ0n) is 12.0. The molecule has 0 aromatic rings. The Bertz CT molecular complexity index is 292. The topological polar surface area (TPSA) is 38.5 Å². The highest BCUT2D eigenvalue weighted by Gasteiger charge is 2.43. The Morgan fingerprint density at radius 3 is 3.05 bits per heavy atom. The van der Waals surface area contributed by atoms with Gasteiger partial charge in [0, 0.05) is 24.4 Å². The Morgan fingerprint density at radius 2 is 2.26 bits per heavy atom. The molecular weight excluding hydrogens is 256 g/mol. The largest absolute Gasteiger partial charge is 0.374 e. The van der Waals surface area contributed by atoms with Crippen molar-refractivity contribution in [3.05, 3.63) is 0 Å². The van der Waals surface area contributed by atoms with Crippen LogP contribution in [0.3, 0.4) is 0 Å². The maximum Gasteiger partial charge on any atom is 0.0795 e. The van der Waals surface area contributed by atoms with Crippen molar-refractivity contribution in [2.24, 2.45) is 5.73 Å². The second kappa shape index (κ2) is 6.33. The number of likely N-dealkylation sites (tertiary alicyclic amines) is 1. The third kappa shape index (κ3) is 3.12. The molecule has 0 aromatic carbocycles. The molecule has 3 fully saturated rings. The average Bonchev–Trinajstić information content (AvgIpc) is 2.88. The van der Waals surface area contributed by atoms with Crippen LogP contribution in [-0.4, -0.2) is 53.8 Å². The van der Waals surface area contributed by atoms with Crippen LogP contribution in [0.25, 0.3) is 0 Å². The summed E-state index contributed by atoms with van der Waals surface area (Å²) >= 11 is 2.08. The first-order chi connectivity index (χ1) is 9.33. The van der Waals surface area contributed by atoms with Crippen LogP contribution in [0.1, 0.15) is 44.9 Å². The van der Waals surface area contributed by atoms with Crippen LogP contribution in [0.5, 0.6) is 0 Å². The Kier molecular flexibility index (Phi) is 4.73. The fourth-order valence-electron chi connectivity index (χ4n) is 4.15. The lowest BCUT2D eigenvalue weighted by atomic mass is 9.86. The van der Waals surface area contributed by atoms with Gasteiger partial charge >= 0.3 is 0 Å². The zero-order chi connectivity index (χ0) is 13.1. The summed E-state index contributed by atoms with van der Waals surface area (Å²) in [5.74, 6) is 2.51. The summed E-state index contributed by atoms with van der Waals surface area (Å²) < 4.78 is 6.17. The first-order valence-electron chi connectivity index (χ1n) is 8.00. The maximum absolute atomic E-state index is 6.17. The third-order valence-electron chi connectivity index (χ3n) is 5.18. The number of ether oxygens (including phenoxy) is 1. The van der Waals surface area contributed by atoms with E-state index in [1.165, 1.54) is 63.0 Å². The van der Waals surface area contributed by atoms with Gasteiger partial charge in [0.2, 0.25) is 0 Å². The molecule has 3 aliphatic heterocycles. The molecule has 19 heavy (non-hydrogen) atoms. The molecule has 3 aliphatic rings. The molecule has 0 radical (unpaired) electrons. The summed E-state index contributed by atoms with van der Waals surface area (Å²) in [6.45, 7) is 3.10. The summed E-state index contributed by atoms with van der Waals surface area (Å²) in [6, 6.07) is 1.50. The number of rotatable bonds is 3. The van der Waals surface area contributed by atoms with Gasteiger partial charge in [0.15, 0.2) is 0 Å². The molecule has 3 nitrogen and oxygen atoms in total. The molecule has 1 spiro atoms. The van der Waals surface area contributed by atoms with Gasteiger partial charge in [-0.2, -0.15) is 11.8 Å². The van der Waals surface area contributed by atoms with Gasteiger partial charge in [-0.25, -0.2) is 0 Å². The summed E-state index contributed by atoms with van der Waals surface area (Å²) in [5, 5.41) is 0. The monoisotopic (exact) mass is 284 g/mol. The lowest BCUT2D eigenvalue weighted by Gasteiger charge is -2.47. The van der Waals surface area contributed by atoms with Gasteiger partial charge in [0.25, 0.3) is 0 Å². The number of nitrogens with zero attached hydrogens (tertiary/aromatic N) is 1. The van der Waals surface area contributed by atoms with Crippen LogP contribution in [-0.2, 0) is 4.74 Å². The van der Waals surface area contributed by atoms with Crippen LogP contribution in [0, 0.1) is 0 Å². The average molecular weight is 284 g/mol. The van der Waals surface area contributed by atoms with Crippen LogP contribution < -0.4 is 5.73 Å². The normalized spacial score (nSPS) is 40.9. The van der Waals surface area contributed by atoms with Crippen molar-refractivity contribution in [1.29, 1.82) is 0 Å². The summed E-state index contributed by atoms with van der Waals surface area (Å²) in [6.07, 6.45) is 9.07. The molecule has 3 rings (SSSR count). The molecule has 2 N–H and O–H groups in total. The second-order valence-electron chi connectivity index (χ2n) is 6.45. The zero-order valence-corrected chi connectivity index (χ0v) is 12.8. The van der Waals surface area contributed by atoms with Crippen molar-refractivity contribution in [3.8, 4) is 0 Å². The minimum absolute atomic E-state index is 0.221. The van der Waals surface area contributed by atoms with Crippen molar-refractivity contribution in [1.82, 2.24) is 4.90 Å². The predicted octanol–water partition coefficient (Wildman–Crippen LogP) is 2.24. The fraction of sp³-hybridized carbons (Fsp3) is 1.00. The van der Waals surface area contributed by atoms with Crippen molar-refractivity contribution in [2.75, 3.05) is 31.2 Å². The molecule has 0 saturated carbocycles. The van der Waals surface area contributed by atoms with Crippen molar-refractivity contribution in [3.63, 3.8) is 0 Å². The van der Waals surface area contributed by atoms with E-state index in [2.05, 4.69) is 16.7 Å². The summed E-state index contributed by atoms with van der Waals surface area (Å²) in [5.41, 5.74) is 6.03. The smallest absolute Gasteiger partial charge is 0.0795 e. The summed E-state index contributed by atoms with van der Waals surface area (Å²) in [7, 11) is 0. The highest BCUT2D eigenvalue weighted by atomic mass is 32.2. The van der Waals surface area contributed by atoms with E-state index in [1.54, 1.807) is 0 Å². The molecule has 110 valence electrons. The Balaban J connectivity index is 1.65. The number of hydrogen-bond donors (Lipinski definition) is 1. The minimum atomic E-state index is 0.221. The molecular formula is C15H28N2OS. The van der Waals surface area contributed by atoms with Gasteiger partial charge < -0.3 is 10.5 Å². The summed E-state index contributed by atoms with van der Waals surface area (Å²) in [4.78, 5) is 2.80. The SMILES string of the molecule is NCCC1CCCCN1C1CCOC2(CCSC2)C1. The van der Waals surface area contributed by atoms with Gasteiger partial charge in [-0.3, -0.25) is 4.90 Å². The molecule has 3 saturated heterocycles. The molecule has 0 bridgehead atoms. The first kappa shape index (κ1) is 14.2. The van der Waals surface area contributed by atoms with Gasteiger partial charge in [-0.05, 0) is 57.4 Å². The van der Waals surface area contributed by atoms with E-state index in [0.29, 0.717) is 0 Å². The van der Waals surface area contributed by atoms with E-state index in [1.807, 2.05) is 0 Å². The fourth-order valence-corrected chi connectivity index (χ4v) is 5.53. The van der Waals surface area contributed by atoms with Crippen LogP contribution in [0.2, 0.25) is 0 Å². The van der Waals surface area contributed by atoms with E-state index < -0.39 is 0 Å². The molecule has 0 aromatic heterocycles. The van der Waals surface area contributed by atoms with Gasteiger partial charge in [-0.1, -0.05) is 6.42 Å². The van der Waals surface area contributed by atoms with Gasteiger partial charge in [0.05, 0.1) is 5.60 Å². The molecule has 0 aliphatic carbocycles. The Hall–Kier alpha value is 0.230. The number of thioether (sulfide) groups is 1. The van der Waals surface area contributed by atoms with E-state index in [0.717, 1.165) is 25.2 Å². The number of nitrogens with two attached hydrogens (primary N) is 1.